The second-order valence-electron chi connectivity index (χ2n) is 8.30. The second-order valence-corrected chi connectivity index (χ2v) is 8.30. The molecule has 2 aliphatic carbocycles. The zero-order chi connectivity index (χ0) is 21.0. The van der Waals surface area contributed by atoms with Gasteiger partial charge in [0.1, 0.15) is 5.41 Å². The summed E-state index contributed by atoms with van der Waals surface area (Å²) >= 11 is 0. The van der Waals surface area contributed by atoms with Gasteiger partial charge in [-0.05, 0) is 25.7 Å². The van der Waals surface area contributed by atoms with Crippen LogP contribution in [0.2, 0.25) is 0 Å². The number of aliphatic carboxylic acids is 4. The Morgan fingerprint density at radius 3 is 1.25 bits per heavy atom. The van der Waals surface area contributed by atoms with Crippen molar-refractivity contribution in [3.8, 4) is 0 Å². The van der Waals surface area contributed by atoms with Crippen LogP contribution in [0, 0.1) is 16.2 Å². The SMILES string of the molecule is O=C(O)C1(C2(C(=O)O)CCCCCCC2(C(=O)O)C(=O)O)CCCCCCC1. The Hall–Kier alpha value is -2.12. The molecule has 2 fully saturated rings. The van der Waals surface area contributed by atoms with Gasteiger partial charge in [0.15, 0.2) is 5.41 Å². The highest BCUT2D eigenvalue weighted by molar-refractivity contribution is 6.06. The van der Waals surface area contributed by atoms with Crippen LogP contribution in [0.3, 0.4) is 0 Å². The Labute approximate surface area is 163 Å². The first-order valence-corrected chi connectivity index (χ1v) is 10.1. The summed E-state index contributed by atoms with van der Waals surface area (Å²) in [6.07, 6.45) is 4.31. The monoisotopic (exact) mass is 398 g/mol. The van der Waals surface area contributed by atoms with E-state index in [9.17, 15) is 39.6 Å². The molecular formula is C20H30O8. The molecule has 4 N–H and O–H groups in total. The highest BCUT2D eigenvalue weighted by atomic mass is 16.4. The van der Waals surface area contributed by atoms with Crippen molar-refractivity contribution in [3.05, 3.63) is 0 Å². The fraction of sp³-hybridized carbons (Fsp3) is 0.800. The van der Waals surface area contributed by atoms with Crippen LogP contribution in [-0.4, -0.2) is 44.3 Å². The van der Waals surface area contributed by atoms with Crippen molar-refractivity contribution >= 4 is 23.9 Å². The molecule has 2 aliphatic rings. The third-order valence-corrected chi connectivity index (χ3v) is 7.11. The molecule has 0 spiro atoms. The van der Waals surface area contributed by atoms with Crippen LogP contribution in [-0.2, 0) is 19.2 Å². The van der Waals surface area contributed by atoms with E-state index in [1.54, 1.807) is 0 Å². The van der Waals surface area contributed by atoms with Gasteiger partial charge < -0.3 is 20.4 Å². The van der Waals surface area contributed by atoms with Crippen molar-refractivity contribution in [2.75, 3.05) is 0 Å². The maximum Gasteiger partial charge on any atom is 0.322 e. The fourth-order valence-corrected chi connectivity index (χ4v) is 5.71. The lowest BCUT2D eigenvalue weighted by atomic mass is 9.44. The minimum Gasteiger partial charge on any atom is -0.481 e. The van der Waals surface area contributed by atoms with E-state index in [0.717, 1.165) is 19.3 Å². The smallest absolute Gasteiger partial charge is 0.322 e. The van der Waals surface area contributed by atoms with E-state index in [1.165, 1.54) is 0 Å². The van der Waals surface area contributed by atoms with E-state index in [1.807, 2.05) is 0 Å². The fourth-order valence-electron chi connectivity index (χ4n) is 5.71. The maximum absolute atomic E-state index is 12.8. The van der Waals surface area contributed by atoms with Gasteiger partial charge in [-0.2, -0.15) is 0 Å². The van der Waals surface area contributed by atoms with Crippen molar-refractivity contribution < 1.29 is 39.6 Å². The van der Waals surface area contributed by atoms with Crippen molar-refractivity contribution in [1.82, 2.24) is 0 Å². The number of hydrogen-bond donors (Lipinski definition) is 4. The number of carbonyl (C=O) groups is 4. The topological polar surface area (TPSA) is 149 Å². The van der Waals surface area contributed by atoms with Gasteiger partial charge in [0.25, 0.3) is 0 Å². The van der Waals surface area contributed by atoms with Gasteiger partial charge in [0.05, 0.1) is 5.41 Å². The Morgan fingerprint density at radius 1 is 0.464 bits per heavy atom. The van der Waals surface area contributed by atoms with Gasteiger partial charge in [-0.25, -0.2) is 0 Å². The van der Waals surface area contributed by atoms with Gasteiger partial charge in [-0.1, -0.05) is 57.8 Å². The van der Waals surface area contributed by atoms with Crippen LogP contribution in [0.25, 0.3) is 0 Å². The summed E-state index contributed by atoms with van der Waals surface area (Å²) in [5, 5.41) is 40.8. The highest BCUT2D eigenvalue weighted by Crippen LogP contribution is 2.63. The molecule has 0 amide bonds. The van der Waals surface area contributed by atoms with Gasteiger partial charge in [-0.15, -0.1) is 0 Å². The molecule has 8 heteroatoms. The largest absolute Gasteiger partial charge is 0.481 e. The molecule has 0 bridgehead atoms. The molecular weight excluding hydrogens is 368 g/mol. The molecule has 2 rings (SSSR count). The Kier molecular flexibility index (Phi) is 6.72. The van der Waals surface area contributed by atoms with Crippen LogP contribution < -0.4 is 0 Å². The van der Waals surface area contributed by atoms with Crippen molar-refractivity contribution in [2.24, 2.45) is 16.2 Å². The van der Waals surface area contributed by atoms with E-state index < -0.39 is 40.1 Å². The standard InChI is InChI=1S/C20H30O8/c21-14(22)18(10-6-2-1-3-7-11-18)20(17(27)28)13-9-5-4-8-12-19(20,15(23)24)16(25)26/h1-13H2,(H,21,22)(H,23,24)(H,25,26)(H,27,28). The molecule has 158 valence electrons. The van der Waals surface area contributed by atoms with Gasteiger partial charge >= 0.3 is 23.9 Å². The van der Waals surface area contributed by atoms with Crippen LogP contribution in [0.4, 0.5) is 0 Å². The number of hydrogen-bond acceptors (Lipinski definition) is 4. The Bertz CT molecular complexity index is 618. The third kappa shape index (κ3) is 3.16. The van der Waals surface area contributed by atoms with E-state index in [4.69, 9.17) is 0 Å². The van der Waals surface area contributed by atoms with Crippen LogP contribution >= 0.6 is 0 Å². The molecule has 1 atom stereocenters. The number of rotatable bonds is 5. The lowest BCUT2D eigenvalue weighted by Gasteiger charge is -2.53. The highest BCUT2D eigenvalue weighted by Gasteiger charge is 2.75. The molecule has 0 aliphatic heterocycles. The van der Waals surface area contributed by atoms with Crippen molar-refractivity contribution in [1.29, 1.82) is 0 Å². The average Bonchev–Trinajstić information content (AvgIpc) is 2.55. The summed E-state index contributed by atoms with van der Waals surface area (Å²) in [6, 6.07) is 0. The molecule has 0 aromatic heterocycles. The predicted molar refractivity (Wildman–Crippen MR) is 97.9 cm³/mol. The third-order valence-electron chi connectivity index (χ3n) is 7.11. The quantitative estimate of drug-likeness (QED) is 0.515. The van der Waals surface area contributed by atoms with Crippen LogP contribution in [0.15, 0.2) is 0 Å². The summed E-state index contributed by atoms with van der Waals surface area (Å²) in [5.41, 5.74) is -6.99. The lowest BCUT2D eigenvalue weighted by molar-refractivity contribution is -0.212. The van der Waals surface area contributed by atoms with Gasteiger partial charge in [0.2, 0.25) is 0 Å². The van der Waals surface area contributed by atoms with E-state index in [0.29, 0.717) is 32.1 Å². The number of carboxylic acids is 4. The zero-order valence-electron chi connectivity index (χ0n) is 16.1. The molecule has 8 nitrogen and oxygen atoms in total. The Morgan fingerprint density at radius 2 is 0.857 bits per heavy atom. The molecule has 2 saturated carbocycles. The van der Waals surface area contributed by atoms with Crippen LogP contribution in [0.5, 0.6) is 0 Å². The minimum absolute atomic E-state index is 0.0169. The summed E-state index contributed by atoms with van der Waals surface area (Å²) in [7, 11) is 0. The van der Waals surface area contributed by atoms with E-state index >= 15 is 0 Å². The first kappa shape index (κ1) is 22.2. The predicted octanol–water partition coefficient (Wildman–Crippen LogP) is 3.38. The molecule has 28 heavy (non-hydrogen) atoms. The van der Waals surface area contributed by atoms with Crippen molar-refractivity contribution in [3.63, 3.8) is 0 Å². The molecule has 1 unspecified atom stereocenters. The summed E-state index contributed by atoms with van der Waals surface area (Å²) in [6.45, 7) is 0. The van der Waals surface area contributed by atoms with E-state index in [2.05, 4.69) is 0 Å². The Balaban J connectivity index is 2.87. The molecule has 0 aromatic carbocycles. The molecule has 0 heterocycles. The molecule has 0 saturated heterocycles. The van der Waals surface area contributed by atoms with E-state index in [-0.39, 0.29) is 32.1 Å². The molecule has 0 aromatic rings. The lowest BCUT2D eigenvalue weighted by Crippen LogP contribution is -2.67. The summed E-state index contributed by atoms with van der Waals surface area (Å²) < 4.78 is 0. The van der Waals surface area contributed by atoms with Crippen molar-refractivity contribution in [2.45, 2.75) is 83.5 Å². The first-order chi connectivity index (χ1) is 13.2. The second kappa shape index (κ2) is 8.49. The maximum atomic E-state index is 12.8. The number of carboxylic acid groups (broad SMARTS) is 4. The van der Waals surface area contributed by atoms with Crippen LogP contribution in [0.1, 0.15) is 83.5 Å². The summed E-state index contributed by atoms with van der Waals surface area (Å²) in [5.74, 6) is -6.48. The normalized spacial score (nSPS) is 28.0. The molecule has 0 radical (unpaired) electrons. The van der Waals surface area contributed by atoms with Gasteiger partial charge in [-0.3, -0.25) is 19.2 Å². The first-order valence-electron chi connectivity index (χ1n) is 10.1. The van der Waals surface area contributed by atoms with Gasteiger partial charge in [0, 0.05) is 0 Å². The summed E-state index contributed by atoms with van der Waals surface area (Å²) in [4.78, 5) is 50.3. The minimum atomic E-state index is -2.67. The zero-order valence-corrected chi connectivity index (χ0v) is 16.1. The average molecular weight is 398 g/mol.